The van der Waals surface area contributed by atoms with Gasteiger partial charge in [-0.25, -0.2) is 9.48 Å². The molecular weight excluding hydrogens is 393 g/mol. The zero-order chi connectivity index (χ0) is 19.9. The van der Waals surface area contributed by atoms with Gasteiger partial charge in [-0.2, -0.15) is 18.3 Å². The number of nitrogens with one attached hydrogen (secondary N) is 2. The lowest BCUT2D eigenvalue weighted by atomic mass is 10.2. The van der Waals surface area contributed by atoms with Gasteiger partial charge in [0.15, 0.2) is 5.69 Å². The SMILES string of the molecule is Cc1nnsc1NC(=O)Nc1ccc(-n2nc(C(F)(F)F)cc2C2CC2)cc1. The Labute approximate surface area is 161 Å². The molecule has 2 amide bonds. The average molecular weight is 408 g/mol. The molecule has 146 valence electrons. The van der Waals surface area contributed by atoms with Gasteiger partial charge in [0.2, 0.25) is 0 Å². The van der Waals surface area contributed by atoms with Gasteiger partial charge in [0, 0.05) is 28.8 Å². The minimum absolute atomic E-state index is 0.100. The first-order valence-electron chi connectivity index (χ1n) is 8.46. The van der Waals surface area contributed by atoms with Crippen molar-refractivity contribution in [3.8, 4) is 5.69 Å². The summed E-state index contributed by atoms with van der Waals surface area (Å²) >= 11 is 1.07. The number of benzene rings is 1. The normalized spacial score (nSPS) is 14.1. The minimum atomic E-state index is -4.49. The first-order chi connectivity index (χ1) is 13.3. The molecule has 1 aliphatic rings. The van der Waals surface area contributed by atoms with Crippen LogP contribution in [0.3, 0.4) is 0 Å². The van der Waals surface area contributed by atoms with E-state index in [-0.39, 0.29) is 5.92 Å². The van der Waals surface area contributed by atoms with Crippen molar-refractivity contribution in [1.82, 2.24) is 19.4 Å². The maximum Gasteiger partial charge on any atom is 0.435 e. The fraction of sp³-hybridized carbons (Fsp3) is 0.294. The molecule has 0 unspecified atom stereocenters. The van der Waals surface area contributed by atoms with E-state index in [4.69, 9.17) is 0 Å². The third-order valence-electron chi connectivity index (χ3n) is 4.27. The fourth-order valence-electron chi connectivity index (χ4n) is 2.71. The molecule has 1 aliphatic carbocycles. The van der Waals surface area contributed by atoms with Crippen molar-refractivity contribution in [3.05, 3.63) is 47.4 Å². The number of alkyl halides is 3. The molecular formula is C17H15F3N6OS. The zero-order valence-electron chi connectivity index (χ0n) is 14.6. The molecule has 1 saturated carbocycles. The first-order valence-corrected chi connectivity index (χ1v) is 9.23. The van der Waals surface area contributed by atoms with Gasteiger partial charge in [-0.1, -0.05) is 4.49 Å². The van der Waals surface area contributed by atoms with Crippen LogP contribution in [0.1, 0.15) is 35.8 Å². The predicted octanol–water partition coefficient (Wildman–Crippen LogP) is 4.57. The fourth-order valence-corrected chi connectivity index (χ4v) is 3.27. The number of carbonyl (C=O) groups is 1. The van der Waals surface area contributed by atoms with E-state index in [1.807, 2.05) is 0 Å². The average Bonchev–Trinajstić information content (AvgIpc) is 3.25. The van der Waals surface area contributed by atoms with Crippen molar-refractivity contribution in [2.24, 2.45) is 0 Å². The van der Waals surface area contributed by atoms with E-state index in [0.717, 1.165) is 30.4 Å². The second kappa shape index (κ2) is 6.89. The monoisotopic (exact) mass is 408 g/mol. The van der Waals surface area contributed by atoms with Crippen LogP contribution in [-0.4, -0.2) is 25.4 Å². The van der Waals surface area contributed by atoms with E-state index in [1.54, 1.807) is 31.2 Å². The largest absolute Gasteiger partial charge is 0.435 e. The highest BCUT2D eigenvalue weighted by Crippen LogP contribution is 2.43. The number of nitrogens with zero attached hydrogens (tertiary/aromatic N) is 4. The molecule has 2 aromatic heterocycles. The summed E-state index contributed by atoms with van der Waals surface area (Å²) in [5, 5.41) is 13.4. The van der Waals surface area contributed by atoms with Crippen molar-refractivity contribution in [2.75, 3.05) is 10.6 Å². The molecule has 1 aromatic carbocycles. The van der Waals surface area contributed by atoms with Crippen LogP contribution < -0.4 is 10.6 Å². The van der Waals surface area contributed by atoms with Crippen LogP contribution in [-0.2, 0) is 6.18 Å². The number of aromatic nitrogens is 4. The highest BCUT2D eigenvalue weighted by molar-refractivity contribution is 7.10. The van der Waals surface area contributed by atoms with E-state index in [0.29, 0.717) is 27.8 Å². The first kappa shape index (κ1) is 18.4. The van der Waals surface area contributed by atoms with Crippen LogP contribution in [0.15, 0.2) is 30.3 Å². The van der Waals surface area contributed by atoms with Gasteiger partial charge in [-0.3, -0.25) is 5.32 Å². The highest BCUT2D eigenvalue weighted by Gasteiger charge is 2.38. The molecule has 0 radical (unpaired) electrons. The van der Waals surface area contributed by atoms with Crippen LogP contribution in [0.4, 0.5) is 28.7 Å². The summed E-state index contributed by atoms with van der Waals surface area (Å²) < 4.78 is 44.2. The molecule has 0 spiro atoms. The Morgan fingerprint density at radius 2 is 1.93 bits per heavy atom. The molecule has 4 rings (SSSR count). The number of urea groups is 1. The Kier molecular flexibility index (Phi) is 4.53. The summed E-state index contributed by atoms with van der Waals surface area (Å²) in [6, 6.07) is 7.11. The number of hydrogen-bond donors (Lipinski definition) is 2. The van der Waals surface area contributed by atoms with Crippen molar-refractivity contribution in [2.45, 2.75) is 31.9 Å². The van der Waals surface area contributed by atoms with Crippen LogP contribution in [0, 0.1) is 6.92 Å². The second-order valence-corrected chi connectivity index (χ2v) is 7.21. The summed E-state index contributed by atoms with van der Waals surface area (Å²) in [5.74, 6) is 0.100. The van der Waals surface area contributed by atoms with E-state index in [9.17, 15) is 18.0 Å². The Morgan fingerprint density at radius 3 is 2.50 bits per heavy atom. The maximum atomic E-state index is 13.0. The van der Waals surface area contributed by atoms with Gasteiger partial charge in [0.05, 0.1) is 11.4 Å². The van der Waals surface area contributed by atoms with Crippen molar-refractivity contribution in [3.63, 3.8) is 0 Å². The van der Waals surface area contributed by atoms with Gasteiger partial charge in [0.1, 0.15) is 5.00 Å². The van der Waals surface area contributed by atoms with Gasteiger partial charge in [-0.05, 0) is 50.1 Å². The summed E-state index contributed by atoms with van der Waals surface area (Å²) in [5.41, 5.74) is 1.27. The van der Waals surface area contributed by atoms with E-state index < -0.39 is 17.9 Å². The predicted molar refractivity (Wildman–Crippen MR) is 97.8 cm³/mol. The van der Waals surface area contributed by atoms with E-state index >= 15 is 0 Å². The summed E-state index contributed by atoms with van der Waals surface area (Å²) in [4.78, 5) is 12.0. The highest BCUT2D eigenvalue weighted by atomic mass is 32.1. The number of carbonyl (C=O) groups excluding carboxylic acids is 1. The molecule has 0 aliphatic heterocycles. The smallest absolute Gasteiger partial charge is 0.308 e. The van der Waals surface area contributed by atoms with Crippen LogP contribution in [0.2, 0.25) is 0 Å². The lowest BCUT2D eigenvalue weighted by Gasteiger charge is -2.09. The lowest BCUT2D eigenvalue weighted by Crippen LogP contribution is -2.19. The number of amides is 2. The quantitative estimate of drug-likeness (QED) is 0.662. The van der Waals surface area contributed by atoms with E-state index in [2.05, 4.69) is 25.3 Å². The lowest BCUT2D eigenvalue weighted by molar-refractivity contribution is -0.141. The number of halogens is 3. The molecule has 0 bridgehead atoms. The van der Waals surface area contributed by atoms with Crippen molar-refractivity contribution >= 4 is 28.3 Å². The third-order valence-corrected chi connectivity index (χ3v) is 5.01. The molecule has 2 heterocycles. The molecule has 3 aromatic rings. The van der Waals surface area contributed by atoms with Gasteiger partial charge < -0.3 is 5.32 Å². The number of rotatable bonds is 4. The minimum Gasteiger partial charge on any atom is -0.308 e. The molecule has 0 atom stereocenters. The summed E-state index contributed by atoms with van der Waals surface area (Å²) in [7, 11) is 0. The Bertz CT molecular complexity index is 1010. The molecule has 11 heteroatoms. The Hall–Kier alpha value is -2.95. The number of anilines is 2. The second-order valence-electron chi connectivity index (χ2n) is 6.45. The van der Waals surface area contributed by atoms with Gasteiger partial charge in [-0.15, -0.1) is 5.10 Å². The number of aryl methyl sites for hydroxylation is 1. The van der Waals surface area contributed by atoms with Crippen LogP contribution in [0.25, 0.3) is 5.69 Å². The molecule has 28 heavy (non-hydrogen) atoms. The standard InChI is InChI=1S/C17H15F3N6OS/c1-9-15(28-25-23-9)22-16(27)21-11-4-6-12(7-5-11)26-13(10-2-3-10)8-14(24-26)17(18,19)20/h4-8,10H,2-3H2,1H3,(H2,21,22,27). The van der Waals surface area contributed by atoms with E-state index in [1.165, 1.54) is 4.68 Å². The van der Waals surface area contributed by atoms with Gasteiger partial charge >= 0.3 is 12.2 Å². The topological polar surface area (TPSA) is 84.7 Å². The zero-order valence-corrected chi connectivity index (χ0v) is 15.4. The number of hydrogen-bond acceptors (Lipinski definition) is 5. The summed E-state index contributed by atoms with van der Waals surface area (Å²) in [6.45, 7) is 1.73. The maximum absolute atomic E-state index is 13.0. The Morgan fingerprint density at radius 1 is 1.21 bits per heavy atom. The molecule has 1 fully saturated rings. The Balaban J connectivity index is 1.51. The molecule has 2 N–H and O–H groups in total. The van der Waals surface area contributed by atoms with Crippen molar-refractivity contribution < 1.29 is 18.0 Å². The van der Waals surface area contributed by atoms with Crippen molar-refractivity contribution in [1.29, 1.82) is 0 Å². The third kappa shape index (κ3) is 3.84. The summed E-state index contributed by atoms with van der Waals surface area (Å²) in [6.07, 6.45) is -2.78. The van der Waals surface area contributed by atoms with Gasteiger partial charge in [0.25, 0.3) is 0 Å². The van der Waals surface area contributed by atoms with Crippen LogP contribution in [0.5, 0.6) is 0 Å². The molecule has 7 nitrogen and oxygen atoms in total. The van der Waals surface area contributed by atoms with Crippen LogP contribution >= 0.6 is 11.5 Å². The molecule has 0 saturated heterocycles.